The average Bonchev–Trinajstić information content (AvgIpc) is 3.20. The number of carbonyl (C=O) groups excluding carboxylic acids is 1. The van der Waals surface area contributed by atoms with E-state index in [4.69, 9.17) is 4.98 Å². The van der Waals surface area contributed by atoms with Crippen molar-refractivity contribution in [3.8, 4) is 10.6 Å². The highest BCUT2D eigenvalue weighted by Gasteiger charge is 2.47. The molecule has 4 nitrogen and oxygen atoms in total. The molecule has 5 heteroatoms. The van der Waals surface area contributed by atoms with Crippen LogP contribution in [0.5, 0.6) is 0 Å². The molecule has 3 aliphatic heterocycles. The second kappa shape index (κ2) is 7.86. The van der Waals surface area contributed by atoms with Gasteiger partial charge in [0.25, 0.3) is 5.91 Å². The zero-order valence-electron chi connectivity index (χ0n) is 18.3. The second-order valence-corrected chi connectivity index (χ2v) is 10.8. The molecule has 1 aliphatic carbocycles. The number of thiazole rings is 1. The maximum atomic E-state index is 13.8. The van der Waals surface area contributed by atoms with Crippen molar-refractivity contribution < 1.29 is 4.79 Å². The first-order valence-corrected chi connectivity index (χ1v) is 12.8. The largest absolute Gasteiger partial charge is 0.331 e. The van der Waals surface area contributed by atoms with Gasteiger partial charge in [-0.25, -0.2) is 4.98 Å². The van der Waals surface area contributed by atoms with Crippen LogP contribution in [0.25, 0.3) is 10.6 Å². The number of hydrogen-bond acceptors (Lipinski definition) is 4. The summed E-state index contributed by atoms with van der Waals surface area (Å²) in [5.74, 6) is 1.49. The minimum atomic E-state index is 0.201. The number of amides is 1. The maximum Gasteiger partial charge on any atom is 0.266 e. The molecule has 162 valence electrons. The zero-order chi connectivity index (χ0) is 20.9. The van der Waals surface area contributed by atoms with Gasteiger partial charge in [-0.1, -0.05) is 48.4 Å². The van der Waals surface area contributed by atoms with Crippen LogP contribution in [0.2, 0.25) is 0 Å². The Morgan fingerprint density at radius 3 is 2.87 bits per heavy atom. The van der Waals surface area contributed by atoms with Crippen LogP contribution in [-0.2, 0) is 0 Å². The molecule has 2 bridgehead atoms. The van der Waals surface area contributed by atoms with E-state index >= 15 is 0 Å². The molecule has 0 radical (unpaired) electrons. The molecule has 3 fully saturated rings. The van der Waals surface area contributed by atoms with Gasteiger partial charge in [0, 0.05) is 24.7 Å². The molecule has 4 atom stereocenters. The van der Waals surface area contributed by atoms with Crippen LogP contribution in [-0.4, -0.2) is 52.4 Å². The summed E-state index contributed by atoms with van der Waals surface area (Å²) in [5, 5.41) is 0.951. The number of nitrogens with zero attached hydrogens (tertiary/aromatic N) is 3. The number of aryl methyl sites for hydroxylation is 1. The Labute approximate surface area is 189 Å². The van der Waals surface area contributed by atoms with Gasteiger partial charge in [-0.2, -0.15) is 0 Å². The minimum absolute atomic E-state index is 0.201. The topological polar surface area (TPSA) is 36.4 Å². The number of carbonyl (C=O) groups is 1. The number of piperidine rings is 3. The fraction of sp³-hybridized carbons (Fsp3) is 0.538. The van der Waals surface area contributed by atoms with Gasteiger partial charge in [0.15, 0.2) is 0 Å². The fourth-order valence-electron chi connectivity index (χ4n) is 6.63. The molecule has 4 aliphatic rings. The molecule has 6 rings (SSSR count). The van der Waals surface area contributed by atoms with Crippen molar-refractivity contribution in [3.63, 3.8) is 0 Å². The Kier molecular flexibility index (Phi) is 4.99. The van der Waals surface area contributed by atoms with E-state index in [1.54, 1.807) is 16.9 Å². The molecule has 3 saturated heterocycles. The maximum absolute atomic E-state index is 13.8. The fourth-order valence-corrected chi connectivity index (χ4v) is 7.66. The summed E-state index contributed by atoms with van der Waals surface area (Å²) in [7, 11) is 0. The van der Waals surface area contributed by atoms with Gasteiger partial charge in [-0.15, -0.1) is 11.3 Å². The third-order valence-corrected chi connectivity index (χ3v) is 9.12. The Balaban J connectivity index is 1.31. The molecule has 1 aromatic heterocycles. The first-order valence-electron chi connectivity index (χ1n) is 12.0. The van der Waals surface area contributed by atoms with Crippen molar-refractivity contribution >= 4 is 17.2 Å². The van der Waals surface area contributed by atoms with Crippen molar-refractivity contribution in [2.75, 3.05) is 19.6 Å². The molecule has 0 saturated carbocycles. The summed E-state index contributed by atoms with van der Waals surface area (Å²) >= 11 is 1.56. The lowest BCUT2D eigenvalue weighted by Crippen LogP contribution is -2.60. The predicted molar refractivity (Wildman–Crippen MR) is 125 cm³/mol. The highest BCUT2D eigenvalue weighted by Crippen LogP contribution is 2.45. The van der Waals surface area contributed by atoms with Crippen LogP contribution in [0.1, 0.15) is 53.9 Å². The van der Waals surface area contributed by atoms with Crippen molar-refractivity contribution in [1.82, 2.24) is 14.8 Å². The van der Waals surface area contributed by atoms with Gasteiger partial charge in [0.2, 0.25) is 0 Å². The lowest BCUT2D eigenvalue weighted by molar-refractivity contribution is 0.00159. The van der Waals surface area contributed by atoms with E-state index in [1.807, 2.05) is 25.1 Å². The van der Waals surface area contributed by atoms with Gasteiger partial charge >= 0.3 is 0 Å². The molecule has 1 amide bonds. The standard InChI is InChI=1S/C26H31N3OS/c1-17-24(31-25(27-17)18-8-3-2-4-9-18)26(30)29-13-7-10-19-14-20-15-21(23(19)29)16-28-12-6-5-11-22(20)28/h2-4,8-9,14,20-23H,5-7,10-13,15-16H2,1H3/t20-,21+,22+,23+/m0/s1. The minimum Gasteiger partial charge on any atom is -0.331 e. The van der Waals surface area contributed by atoms with Crippen LogP contribution in [0.15, 0.2) is 42.0 Å². The van der Waals surface area contributed by atoms with E-state index in [0.717, 1.165) is 40.1 Å². The molecule has 2 aromatic rings. The third-order valence-electron chi connectivity index (χ3n) is 7.93. The highest BCUT2D eigenvalue weighted by molar-refractivity contribution is 7.17. The predicted octanol–water partition coefficient (Wildman–Crippen LogP) is 5.15. The molecular formula is C26H31N3OS. The number of rotatable bonds is 2. The number of fused-ring (bicyclic) bond motifs is 6. The van der Waals surface area contributed by atoms with Crippen LogP contribution < -0.4 is 0 Å². The lowest BCUT2D eigenvalue weighted by atomic mass is 9.68. The van der Waals surface area contributed by atoms with Gasteiger partial charge in [-0.3, -0.25) is 9.69 Å². The molecule has 0 unspecified atom stereocenters. The summed E-state index contributed by atoms with van der Waals surface area (Å²) in [4.78, 5) is 24.4. The second-order valence-electron chi connectivity index (χ2n) is 9.81. The van der Waals surface area contributed by atoms with Crippen molar-refractivity contribution in [2.45, 2.75) is 57.5 Å². The zero-order valence-corrected chi connectivity index (χ0v) is 19.1. The quantitative estimate of drug-likeness (QED) is 0.614. The number of hydrogen-bond donors (Lipinski definition) is 0. The van der Waals surface area contributed by atoms with E-state index in [9.17, 15) is 4.79 Å². The van der Waals surface area contributed by atoms with Gasteiger partial charge < -0.3 is 4.90 Å². The summed E-state index contributed by atoms with van der Waals surface area (Å²) < 4.78 is 0. The van der Waals surface area contributed by atoms with Gasteiger partial charge in [-0.05, 0) is 57.4 Å². The van der Waals surface area contributed by atoms with E-state index in [2.05, 4.69) is 28.0 Å². The lowest BCUT2D eigenvalue weighted by Gasteiger charge is -2.54. The summed E-state index contributed by atoms with van der Waals surface area (Å²) in [5.41, 5.74) is 3.52. The normalized spacial score (nSPS) is 30.4. The Morgan fingerprint density at radius 1 is 1.13 bits per heavy atom. The first-order chi connectivity index (χ1) is 15.2. The summed E-state index contributed by atoms with van der Waals surface area (Å²) in [6.45, 7) is 5.29. The molecular weight excluding hydrogens is 402 g/mol. The number of aromatic nitrogens is 1. The molecule has 31 heavy (non-hydrogen) atoms. The van der Waals surface area contributed by atoms with Crippen LogP contribution in [0.4, 0.5) is 0 Å². The monoisotopic (exact) mass is 433 g/mol. The molecule has 0 N–H and O–H groups in total. The SMILES string of the molecule is Cc1nc(-c2ccccc2)sc1C(=O)N1CCCC2=C[C@H]3C[C@H](CN4CCCC[C@H]34)[C@@H]21. The Hall–Kier alpha value is -1.98. The van der Waals surface area contributed by atoms with E-state index in [-0.39, 0.29) is 5.91 Å². The van der Waals surface area contributed by atoms with Crippen molar-refractivity contribution in [1.29, 1.82) is 0 Å². The summed E-state index contributed by atoms with van der Waals surface area (Å²) in [6.07, 6.45) is 10.2. The smallest absolute Gasteiger partial charge is 0.266 e. The van der Waals surface area contributed by atoms with Crippen LogP contribution in [0.3, 0.4) is 0 Å². The van der Waals surface area contributed by atoms with E-state index < -0.39 is 0 Å². The van der Waals surface area contributed by atoms with Crippen LogP contribution >= 0.6 is 11.3 Å². The Bertz CT molecular complexity index is 1010. The molecule has 4 heterocycles. The van der Waals surface area contributed by atoms with Gasteiger partial charge in [0.05, 0.1) is 11.7 Å². The first kappa shape index (κ1) is 19.7. The Morgan fingerprint density at radius 2 is 2.00 bits per heavy atom. The van der Waals surface area contributed by atoms with Crippen molar-refractivity contribution in [3.05, 3.63) is 52.6 Å². The number of benzene rings is 1. The van der Waals surface area contributed by atoms with E-state index in [0.29, 0.717) is 17.9 Å². The van der Waals surface area contributed by atoms with E-state index in [1.165, 1.54) is 45.2 Å². The van der Waals surface area contributed by atoms with Crippen LogP contribution in [0, 0.1) is 18.8 Å². The molecule has 1 aromatic carbocycles. The summed E-state index contributed by atoms with van der Waals surface area (Å²) in [6, 6.07) is 11.3. The third kappa shape index (κ3) is 3.37. The van der Waals surface area contributed by atoms with Crippen molar-refractivity contribution in [2.24, 2.45) is 11.8 Å². The highest BCUT2D eigenvalue weighted by atomic mass is 32.1. The average molecular weight is 434 g/mol. The van der Waals surface area contributed by atoms with Gasteiger partial charge in [0.1, 0.15) is 9.88 Å². The number of likely N-dealkylation sites (tertiary alicyclic amines) is 1. The molecule has 0 spiro atoms.